The minimum atomic E-state index is -0.330. The minimum Gasteiger partial charge on any atom is -0.312 e. The molecular weight excluding hydrogens is 302 g/mol. The number of aromatic nitrogens is 2. The van der Waals surface area contributed by atoms with Crippen LogP contribution < -0.4 is 0 Å². The maximum atomic E-state index is 12.5. The Morgan fingerprint density at radius 2 is 1.71 bits per heavy atom. The first-order valence-corrected chi connectivity index (χ1v) is 8.06. The fourth-order valence-corrected chi connectivity index (χ4v) is 3.85. The number of hydrogen-bond donors (Lipinski definition) is 0. The van der Waals surface area contributed by atoms with Crippen LogP contribution in [0.5, 0.6) is 0 Å². The van der Waals surface area contributed by atoms with Gasteiger partial charge in [0.2, 0.25) is 0 Å². The van der Waals surface area contributed by atoms with Crippen molar-refractivity contribution in [3.63, 3.8) is 0 Å². The van der Waals surface area contributed by atoms with Gasteiger partial charge in [0.25, 0.3) is 5.91 Å². The summed E-state index contributed by atoms with van der Waals surface area (Å²) in [7, 11) is 0. The van der Waals surface area contributed by atoms with Crippen LogP contribution in [0, 0.1) is 22.7 Å². The lowest BCUT2D eigenvalue weighted by molar-refractivity contribution is 0.0795. The molecule has 2 aliphatic carbocycles. The summed E-state index contributed by atoms with van der Waals surface area (Å²) >= 11 is 0. The van der Waals surface area contributed by atoms with E-state index in [2.05, 4.69) is 0 Å². The molecular formula is C18H15N5O. The van der Waals surface area contributed by atoms with E-state index in [4.69, 9.17) is 20.5 Å². The zero-order chi connectivity index (χ0) is 16.7. The van der Waals surface area contributed by atoms with Crippen molar-refractivity contribution < 1.29 is 4.79 Å². The highest BCUT2D eigenvalue weighted by atomic mass is 16.2. The molecule has 6 nitrogen and oxygen atoms in total. The van der Waals surface area contributed by atoms with E-state index in [1.54, 1.807) is 18.2 Å². The normalized spacial score (nSPS) is 20.4. The Balaban J connectivity index is 1.72. The molecule has 2 bridgehead atoms. The Hall–Kier alpha value is -2.99. The lowest BCUT2D eigenvalue weighted by atomic mass is 10.00. The molecule has 2 aliphatic rings. The summed E-state index contributed by atoms with van der Waals surface area (Å²) in [6.07, 6.45) is 3.52. The number of carbonyl (C=O) groups is 1. The largest absolute Gasteiger partial charge is 0.312 e. The molecule has 2 aromatic rings. The molecule has 1 saturated carbocycles. The van der Waals surface area contributed by atoms with Crippen LogP contribution in [0.2, 0.25) is 0 Å². The second-order valence-electron chi connectivity index (χ2n) is 6.38. The van der Waals surface area contributed by atoms with Gasteiger partial charge in [-0.15, -0.1) is 0 Å². The molecule has 1 fully saturated rings. The third kappa shape index (κ3) is 2.19. The number of carbonyl (C=O) groups excluding carboxylic acids is 1. The summed E-state index contributed by atoms with van der Waals surface area (Å²) < 4.78 is 0. The number of rotatable bonds is 3. The lowest BCUT2D eigenvalue weighted by Crippen LogP contribution is -2.31. The molecule has 1 aromatic carbocycles. The van der Waals surface area contributed by atoms with Gasteiger partial charge in [-0.05, 0) is 37.5 Å². The second-order valence-corrected chi connectivity index (χ2v) is 6.38. The van der Waals surface area contributed by atoms with Crippen molar-refractivity contribution in [3.05, 3.63) is 35.2 Å². The molecule has 118 valence electrons. The first-order chi connectivity index (χ1) is 11.7. The van der Waals surface area contributed by atoms with Crippen LogP contribution in [0.25, 0.3) is 11.0 Å². The molecule has 0 saturated heterocycles. The second kappa shape index (κ2) is 5.58. The Kier molecular flexibility index (Phi) is 3.39. The van der Waals surface area contributed by atoms with Gasteiger partial charge in [-0.1, -0.05) is 0 Å². The fraction of sp³-hybridized carbons (Fsp3) is 0.389. The van der Waals surface area contributed by atoms with E-state index in [0.717, 1.165) is 23.3 Å². The number of fused-ring (bicyclic) bond motifs is 6. The molecule has 0 radical (unpaired) electrons. The van der Waals surface area contributed by atoms with Gasteiger partial charge in [-0.25, -0.2) is 9.97 Å². The van der Waals surface area contributed by atoms with Crippen LogP contribution in [-0.2, 0) is 0 Å². The molecule has 6 heteroatoms. The van der Waals surface area contributed by atoms with Crippen molar-refractivity contribution in [1.29, 1.82) is 10.5 Å². The van der Waals surface area contributed by atoms with Gasteiger partial charge in [-0.3, -0.25) is 4.79 Å². The summed E-state index contributed by atoms with van der Waals surface area (Å²) in [4.78, 5) is 23.3. The molecule has 2 atom stereocenters. The van der Waals surface area contributed by atoms with Crippen molar-refractivity contribution in [2.45, 2.75) is 31.1 Å². The maximum absolute atomic E-state index is 12.5. The zero-order valence-electron chi connectivity index (χ0n) is 13.1. The van der Waals surface area contributed by atoms with E-state index >= 15 is 0 Å². The Labute approximate surface area is 139 Å². The van der Waals surface area contributed by atoms with Crippen LogP contribution in [0.1, 0.15) is 52.8 Å². The summed E-state index contributed by atoms with van der Waals surface area (Å²) in [6.45, 7) is -0.214. The lowest BCUT2D eigenvalue weighted by Gasteiger charge is -2.17. The van der Waals surface area contributed by atoms with Crippen LogP contribution >= 0.6 is 0 Å². The predicted octanol–water partition coefficient (Wildman–Crippen LogP) is 2.48. The van der Waals surface area contributed by atoms with Crippen LogP contribution in [0.15, 0.2) is 18.2 Å². The van der Waals surface area contributed by atoms with Crippen molar-refractivity contribution in [2.75, 3.05) is 13.1 Å². The van der Waals surface area contributed by atoms with Crippen LogP contribution in [0.3, 0.4) is 0 Å². The third-order valence-electron chi connectivity index (χ3n) is 4.98. The molecule has 1 amide bonds. The van der Waals surface area contributed by atoms with Crippen molar-refractivity contribution in [1.82, 2.24) is 14.9 Å². The fourth-order valence-electron chi connectivity index (χ4n) is 3.85. The quantitative estimate of drug-likeness (QED) is 0.811. The maximum Gasteiger partial charge on any atom is 0.255 e. The molecule has 1 aromatic heterocycles. The summed E-state index contributed by atoms with van der Waals surface area (Å²) in [6, 6.07) is 9.06. The van der Waals surface area contributed by atoms with Gasteiger partial charge in [0, 0.05) is 17.4 Å². The zero-order valence-corrected chi connectivity index (χ0v) is 13.1. The van der Waals surface area contributed by atoms with Crippen molar-refractivity contribution >= 4 is 16.9 Å². The topological polar surface area (TPSA) is 93.7 Å². The van der Waals surface area contributed by atoms with Crippen molar-refractivity contribution in [2.24, 2.45) is 0 Å². The van der Waals surface area contributed by atoms with E-state index in [1.165, 1.54) is 17.7 Å². The SMILES string of the molecule is N#CCN(CC#N)C(=O)c1ccc2nc3c(nc2c1)C1CCC3C1. The van der Waals surface area contributed by atoms with E-state index in [1.807, 2.05) is 12.1 Å². The average molecular weight is 317 g/mol. The molecule has 2 unspecified atom stereocenters. The van der Waals surface area contributed by atoms with E-state index < -0.39 is 0 Å². The van der Waals surface area contributed by atoms with Gasteiger partial charge in [-0.2, -0.15) is 10.5 Å². The number of benzene rings is 1. The monoisotopic (exact) mass is 317 g/mol. The highest BCUT2D eigenvalue weighted by Crippen LogP contribution is 2.51. The summed E-state index contributed by atoms with van der Waals surface area (Å²) in [5, 5.41) is 17.6. The Bertz CT molecular complexity index is 907. The van der Waals surface area contributed by atoms with Gasteiger partial charge in [0.15, 0.2) is 0 Å². The van der Waals surface area contributed by atoms with E-state index in [9.17, 15) is 4.79 Å². The molecule has 4 rings (SSSR count). The summed E-state index contributed by atoms with van der Waals surface area (Å²) in [5.41, 5.74) is 4.17. The standard InChI is InChI=1S/C18H15N5O/c19-5-7-23(8-6-20)18(24)13-3-4-14-15(10-13)22-17-12-2-1-11(9-12)16(17)21-14/h3-4,10-12H,1-2,7-9H2. The van der Waals surface area contributed by atoms with E-state index in [0.29, 0.717) is 22.9 Å². The number of hydrogen-bond acceptors (Lipinski definition) is 5. The van der Waals surface area contributed by atoms with E-state index in [-0.39, 0.29) is 19.0 Å². The van der Waals surface area contributed by atoms with Crippen LogP contribution in [0.4, 0.5) is 0 Å². The molecule has 0 spiro atoms. The number of amides is 1. The third-order valence-corrected chi connectivity index (χ3v) is 4.98. The molecule has 1 heterocycles. The Morgan fingerprint density at radius 1 is 1.08 bits per heavy atom. The van der Waals surface area contributed by atoms with Crippen molar-refractivity contribution in [3.8, 4) is 12.1 Å². The average Bonchev–Trinajstić information content (AvgIpc) is 3.21. The number of nitrogens with zero attached hydrogens (tertiary/aromatic N) is 5. The van der Waals surface area contributed by atoms with Gasteiger partial charge in [0.1, 0.15) is 13.1 Å². The number of nitriles is 2. The van der Waals surface area contributed by atoms with Gasteiger partial charge in [0.05, 0.1) is 34.6 Å². The predicted molar refractivity (Wildman–Crippen MR) is 86.0 cm³/mol. The highest BCUT2D eigenvalue weighted by Gasteiger charge is 2.39. The smallest absolute Gasteiger partial charge is 0.255 e. The first-order valence-electron chi connectivity index (χ1n) is 8.06. The van der Waals surface area contributed by atoms with Crippen LogP contribution in [-0.4, -0.2) is 33.9 Å². The van der Waals surface area contributed by atoms with Gasteiger partial charge < -0.3 is 4.90 Å². The Morgan fingerprint density at radius 3 is 2.33 bits per heavy atom. The van der Waals surface area contributed by atoms with Gasteiger partial charge >= 0.3 is 0 Å². The summed E-state index contributed by atoms with van der Waals surface area (Å²) in [5.74, 6) is 0.726. The first kappa shape index (κ1) is 14.6. The molecule has 0 N–H and O–H groups in total. The highest BCUT2D eigenvalue weighted by molar-refractivity contribution is 5.97. The minimum absolute atomic E-state index is 0.107. The molecule has 24 heavy (non-hydrogen) atoms. The molecule has 0 aliphatic heterocycles.